The fraction of sp³-hybridized carbons (Fsp3) is 0.667. The summed E-state index contributed by atoms with van der Waals surface area (Å²) in [6.45, 7) is 0. The Bertz CT molecular complexity index is 573. The number of rotatable bonds is 5. The van der Waals surface area contributed by atoms with Crippen molar-refractivity contribution in [3.63, 3.8) is 0 Å². The summed E-state index contributed by atoms with van der Waals surface area (Å²) < 4.78 is 17.3. The Labute approximate surface area is 119 Å². The van der Waals surface area contributed by atoms with Crippen molar-refractivity contribution >= 4 is 13.4 Å². The van der Waals surface area contributed by atoms with Crippen molar-refractivity contribution in [3.05, 3.63) is 12.2 Å². The Morgan fingerprint density at radius 1 is 1.48 bits per heavy atom. The molecule has 12 heteroatoms. The number of aliphatic hydroxyl groups excluding tert-OH is 2. The summed E-state index contributed by atoms with van der Waals surface area (Å²) >= 11 is 0. The SMILES string of the molecule is N=C(N)c1ncn(C2OC(CCP(=O)(O)O)C(O)C2O)n1. The highest BCUT2D eigenvalue weighted by Crippen LogP contribution is 2.38. The molecule has 1 saturated heterocycles. The number of aliphatic hydroxyl groups is 2. The third-order valence-corrected chi connectivity index (χ3v) is 3.89. The third-order valence-electron chi connectivity index (χ3n) is 3.05. The zero-order valence-corrected chi connectivity index (χ0v) is 11.7. The fourth-order valence-corrected chi connectivity index (χ4v) is 2.59. The second-order valence-corrected chi connectivity index (χ2v) is 6.46. The molecule has 0 saturated carbocycles. The van der Waals surface area contributed by atoms with Gasteiger partial charge in [-0.15, -0.1) is 5.10 Å². The predicted molar refractivity (Wildman–Crippen MR) is 68.5 cm³/mol. The van der Waals surface area contributed by atoms with Gasteiger partial charge in [0.05, 0.1) is 12.3 Å². The lowest BCUT2D eigenvalue weighted by Gasteiger charge is -2.14. The monoisotopic (exact) mass is 321 g/mol. The minimum atomic E-state index is -4.22. The lowest BCUT2D eigenvalue weighted by atomic mass is 10.1. The van der Waals surface area contributed by atoms with Gasteiger partial charge in [0, 0.05) is 0 Å². The van der Waals surface area contributed by atoms with Crippen LogP contribution >= 0.6 is 7.60 Å². The van der Waals surface area contributed by atoms with Crippen LogP contribution in [0, 0.1) is 5.41 Å². The zero-order valence-electron chi connectivity index (χ0n) is 10.8. The number of aromatic nitrogens is 3. The molecule has 118 valence electrons. The molecule has 1 aromatic heterocycles. The summed E-state index contributed by atoms with van der Waals surface area (Å²) in [4.78, 5) is 21.4. The Balaban J connectivity index is 2.08. The molecule has 1 aliphatic heterocycles. The van der Waals surface area contributed by atoms with E-state index < -0.39 is 38.3 Å². The van der Waals surface area contributed by atoms with Crippen molar-refractivity contribution in [3.8, 4) is 0 Å². The van der Waals surface area contributed by atoms with E-state index in [1.165, 1.54) is 6.33 Å². The molecule has 2 rings (SSSR count). The lowest BCUT2D eigenvalue weighted by Crippen LogP contribution is -2.32. The van der Waals surface area contributed by atoms with E-state index in [1.807, 2.05) is 0 Å². The molecule has 1 aliphatic rings. The molecule has 0 aromatic carbocycles. The van der Waals surface area contributed by atoms with Crippen LogP contribution < -0.4 is 5.73 Å². The minimum Gasteiger partial charge on any atom is -0.388 e. The van der Waals surface area contributed by atoms with Crippen molar-refractivity contribution in [2.24, 2.45) is 5.73 Å². The molecule has 1 aromatic rings. The van der Waals surface area contributed by atoms with Gasteiger partial charge in [-0.2, -0.15) is 0 Å². The first-order valence-electron chi connectivity index (χ1n) is 6.01. The average molecular weight is 321 g/mol. The second-order valence-electron chi connectivity index (χ2n) is 4.69. The zero-order chi connectivity index (χ0) is 15.8. The van der Waals surface area contributed by atoms with Gasteiger partial charge in [-0.25, -0.2) is 9.67 Å². The summed E-state index contributed by atoms with van der Waals surface area (Å²) in [6.07, 6.45) is -4.06. The van der Waals surface area contributed by atoms with E-state index >= 15 is 0 Å². The molecule has 2 heterocycles. The van der Waals surface area contributed by atoms with Gasteiger partial charge in [-0.1, -0.05) is 0 Å². The molecule has 0 spiro atoms. The van der Waals surface area contributed by atoms with E-state index in [-0.39, 0.29) is 18.1 Å². The smallest absolute Gasteiger partial charge is 0.325 e. The van der Waals surface area contributed by atoms with Gasteiger partial charge < -0.3 is 30.5 Å². The summed E-state index contributed by atoms with van der Waals surface area (Å²) in [5.41, 5.74) is 5.22. The van der Waals surface area contributed by atoms with Gasteiger partial charge in [0.2, 0.25) is 5.82 Å². The van der Waals surface area contributed by atoms with Crippen molar-refractivity contribution in [2.45, 2.75) is 31.0 Å². The van der Waals surface area contributed by atoms with Crippen LogP contribution in [0.2, 0.25) is 0 Å². The molecular formula is C9H16N5O6P. The number of nitrogen functional groups attached to an aromatic ring is 1. The van der Waals surface area contributed by atoms with Crippen LogP contribution in [0.15, 0.2) is 6.33 Å². The van der Waals surface area contributed by atoms with Gasteiger partial charge >= 0.3 is 7.60 Å². The highest BCUT2D eigenvalue weighted by atomic mass is 31.2. The molecule has 0 amide bonds. The second kappa shape index (κ2) is 5.79. The predicted octanol–water partition coefficient (Wildman–Crippen LogP) is -2.25. The molecule has 4 atom stereocenters. The standard InChI is InChI=1S/C9H16N5O6P/c10-7(11)8-12-3-14(13-8)9-6(16)5(15)4(20-9)1-2-21(17,18)19/h3-6,9,15-16H,1-2H2,(H3,10,11)(H2,17,18,19). The minimum absolute atomic E-state index is 0.0565. The number of nitrogens with one attached hydrogen (secondary N) is 1. The van der Waals surface area contributed by atoms with Gasteiger partial charge in [0.15, 0.2) is 12.1 Å². The van der Waals surface area contributed by atoms with E-state index in [0.717, 1.165) is 4.68 Å². The molecular weight excluding hydrogens is 305 g/mol. The molecule has 0 radical (unpaired) electrons. The summed E-state index contributed by atoms with van der Waals surface area (Å²) in [5, 5.41) is 30.8. The van der Waals surface area contributed by atoms with E-state index in [0.29, 0.717) is 0 Å². The first kappa shape index (κ1) is 16.0. The van der Waals surface area contributed by atoms with Crippen molar-refractivity contribution < 1.29 is 29.3 Å². The topological polar surface area (TPSA) is 188 Å². The van der Waals surface area contributed by atoms with Crippen molar-refractivity contribution in [2.75, 3.05) is 6.16 Å². The van der Waals surface area contributed by atoms with Gasteiger partial charge in [-0.3, -0.25) is 9.97 Å². The summed E-state index contributed by atoms with van der Waals surface area (Å²) in [7, 11) is -4.22. The Hall–Kier alpha value is -1.36. The highest BCUT2D eigenvalue weighted by Gasteiger charge is 2.44. The Morgan fingerprint density at radius 3 is 2.67 bits per heavy atom. The van der Waals surface area contributed by atoms with Crippen molar-refractivity contribution in [1.82, 2.24) is 14.8 Å². The molecule has 21 heavy (non-hydrogen) atoms. The molecule has 11 nitrogen and oxygen atoms in total. The van der Waals surface area contributed by atoms with Crippen LogP contribution in [0.1, 0.15) is 18.5 Å². The number of nitrogens with two attached hydrogens (primary N) is 1. The lowest BCUT2D eigenvalue weighted by molar-refractivity contribution is -0.0451. The largest absolute Gasteiger partial charge is 0.388 e. The molecule has 0 aliphatic carbocycles. The number of hydrogen-bond donors (Lipinski definition) is 6. The van der Waals surface area contributed by atoms with Crippen LogP contribution in [-0.4, -0.2) is 65.1 Å². The van der Waals surface area contributed by atoms with Gasteiger partial charge in [0.1, 0.15) is 18.5 Å². The maximum Gasteiger partial charge on any atom is 0.325 e. The number of amidine groups is 1. The molecule has 4 unspecified atom stereocenters. The molecule has 0 bridgehead atoms. The maximum atomic E-state index is 10.8. The van der Waals surface area contributed by atoms with E-state index in [2.05, 4.69) is 10.1 Å². The maximum absolute atomic E-state index is 10.8. The highest BCUT2D eigenvalue weighted by molar-refractivity contribution is 7.51. The first-order valence-corrected chi connectivity index (χ1v) is 7.80. The van der Waals surface area contributed by atoms with Crippen LogP contribution in [0.25, 0.3) is 0 Å². The van der Waals surface area contributed by atoms with E-state index in [9.17, 15) is 14.8 Å². The fourth-order valence-electron chi connectivity index (χ4n) is 2.00. The van der Waals surface area contributed by atoms with Gasteiger partial charge in [0.25, 0.3) is 0 Å². The van der Waals surface area contributed by atoms with E-state index in [1.54, 1.807) is 0 Å². The Kier molecular flexibility index (Phi) is 4.42. The number of ether oxygens (including phenoxy) is 1. The van der Waals surface area contributed by atoms with Crippen LogP contribution in [0.3, 0.4) is 0 Å². The molecule has 7 N–H and O–H groups in total. The third kappa shape index (κ3) is 3.64. The van der Waals surface area contributed by atoms with Crippen LogP contribution in [-0.2, 0) is 9.30 Å². The van der Waals surface area contributed by atoms with Gasteiger partial charge in [-0.05, 0) is 6.42 Å². The van der Waals surface area contributed by atoms with E-state index in [4.69, 9.17) is 25.7 Å². The number of hydrogen-bond acceptors (Lipinski definition) is 7. The first-order chi connectivity index (χ1) is 9.69. The van der Waals surface area contributed by atoms with Crippen molar-refractivity contribution in [1.29, 1.82) is 5.41 Å². The van der Waals surface area contributed by atoms with Crippen LogP contribution in [0.4, 0.5) is 0 Å². The quantitative estimate of drug-likeness (QED) is 0.198. The summed E-state index contributed by atoms with van der Waals surface area (Å²) in [5.74, 6) is -0.418. The normalized spacial score (nSPS) is 29.7. The summed E-state index contributed by atoms with van der Waals surface area (Å²) in [6, 6.07) is 0. The molecule has 1 fully saturated rings. The number of nitrogens with zero attached hydrogens (tertiary/aromatic N) is 3. The average Bonchev–Trinajstić information content (AvgIpc) is 2.94. The Morgan fingerprint density at radius 2 is 2.14 bits per heavy atom. The van der Waals surface area contributed by atoms with Crippen LogP contribution in [0.5, 0.6) is 0 Å².